The van der Waals surface area contributed by atoms with Crippen LogP contribution in [0, 0.1) is 6.92 Å². The Morgan fingerprint density at radius 3 is 2.65 bits per heavy atom. The molecule has 1 heterocycles. The highest BCUT2D eigenvalue weighted by Crippen LogP contribution is 2.24. The molecule has 2 atom stereocenters. The summed E-state index contributed by atoms with van der Waals surface area (Å²) in [5.74, 6) is 0.0575. The Kier molecular flexibility index (Phi) is 4.77. The maximum atomic E-state index is 9.44. The van der Waals surface area contributed by atoms with E-state index in [0.717, 1.165) is 10.7 Å². The van der Waals surface area contributed by atoms with Crippen molar-refractivity contribution in [1.82, 2.24) is 4.98 Å². The van der Waals surface area contributed by atoms with Crippen LogP contribution in [0.4, 0.5) is 0 Å². The second-order valence-electron chi connectivity index (χ2n) is 3.88. The lowest BCUT2D eigenvalue weighted by molar-refractivity contribution is 0.196. The summed E-state index contributed by atoms with van der Waals surface area (Å²) < 4.78 is 0. The number of amidine groups is 1. The minimum Gasteiger partial charge on any atom is -0.409 e. The number of aromatic nitrogens is 1. The number of thioether (sulfide) groups is 1. The summed E-state index contributed by atoms with van der Waals surface area (Å²) in [5, 5.41) is 21.8. The van der Waals surface area contributed by atoms with Gasteiger partial charge in [-0.25, -0.2) is 4.98 Å². The number of aliphatic hydroxyl groups excluding tert-OH is 1. The Morgan fingerprint density at radius 1 is 1.47 bits per heavy atom. The van der Waals surface area contributed by atoms with Gasteiger partial charge in [0.25, 0.3) is 0 Å². The van der Waals surface area contributed by atoms with Gasteiger partial charge in [-0.15, -0.1) is 11.8 Å². The van der Waals surface area contributed by atoms with Gasteiger partial charge in [0.15, 0.2) is 5.84 Å². The van der Waals surface area contributed by atoms with Crippen molar-refractivity contribution in [1.29, 1.82) is 0 Å². The summed E-state index contributed by atoms with van der Waals surface area (Å²) in [6, 6.07) is 3.48. The van der Waals surface area contributed by atoms with Crippen molar-refractivity contribution in [3.05, 3.63) is 23.4 Å². The van der Waals surface area contributed by atoms with E-state index < -0.39 is 6.10 Å². The summed E-state index contributed by atoms with van der Waals surface area (Å²) in [7, 11) is 0. The standard InChI is InChI=1S/C11H17N3O2S/c1-6-4-9(11(12)14-16)5-10(13-6)17-8(3)7(2)15/h4-5,7-8,15-16H,1-3H3,(H2,12,14). The van der Waals surface area contributed by atoms with E-state index >= 15 is 0 Å². The molecule has 0 aliphatic heterocycles. The molecule has 0 saturated carbocycles. The lowest BCUT2D eigenvalue weighted by atomic mass is 10.2. The molecule has 5 nitrogen and oxygen atoms in total. The predicted molar refractivity (Wildman–Crippen MR) is 68.5 cm³/mol. The quantitative estimate of drug-likeness (QED) is 0.248. The Hall–Kier alpha value is -1.27. The van der Waals surface area contributed by atoms with E-state index in [1.807, 2.05) is 13.8 Å². The van der Waals surface area contributed by atoms with Gasteiger partial charge >= 0.3 is 0 Å². The minimum absolute atomic E-state index is 0.0319. The van der Waals surface area contributed by atoms with Crippen LogP contribution in [0.1, 0.15) is 25.1 Å². The van der Waals surface area contributed by atoms with E-state index in [1.165, 1.54) is 11.8 Å². The summed E-state index contributed by atoms with van der Waals surface area (Å²) in [5.41, 5.74) is 6.95. The average molecular weight is 255 g/mol. The van der Waals surface area contributed by atoms with Gasteiger partial charge in [-0.2, -0.15) is 0 Å². The van der Waals surface area contributed by atoms with Crippen molar-refractivity contribution in [2.24, 2.45) is 10.9 Å². The maximum absolute atomic E-state index is 9.44. The van der Waals surface area contributed by atoms with Gasteiger partial charge in [-0.05, 0) is 26.0 Å². The van der Waals surface area contributed by atoms with Crippen LogP contribution in [0.15, 0.2) is 22.3 Å². The zero-order chi connectivity index (χ0) is 13.0. The molecule has 1 aromatic rings. The molecule has 0 aliphatic rings. The van der Waals surface area contributed by atoms with Crippen LogP contribution in [-0.4, -0.2) is 32.5 Å². The molecule has 94 valence electrons. The first-order chi connectivity index (χ1) is 7.93. The lowest BCUT2D eigenvalue weighted by Gasteiger charge is -2.14. The number of nitrogens with zero attached hydrogens (tertiary/aromatic N) is 2. The lowest BCUT2D eigenvalue weighted by Crippen LogP contribution is -2.16. The van der Waals surface area contributed by atoms with E-state index in [0.29, 0.717) is 5.56 Å². The number of rotatable bonds is 4. The van der Waals surface area contributed by atoms with Crippen LogP contribution in [0.2, 0.25) is 0 Å². The number of pyridine rings is 1. The molecule has 0 aliphatic carbocycles. The molecule has 0 saturated heterocycles. The zero-order valence-corrected chi connectivity index (χ0v) is 10.9. The van der Waals surface area contributed by atoms with Crippen molar-refractivity contribution in [3.63, 3.8) is 0 Å². The molecular weight excluding hydrogens is 238 g/mol. The third-order valence-corrected chi connectivity index (χ3v) is 3.54. The molecule has 6 heteroatoms. The monoisotopic (exact) mass is 255 g/mol. The first kappa shape index (κ1) is 13.8. The Bertz CT molecular complexity index is 421. The number of aliphatic hydroxyl groups is 1. The van der Waals surface area contributed by atoms with E-state index in [9.17, 15) is 5.11 Å². The van der Waals surface area contributed by atoms with Gasteiger partial charge in [0.2, 0.25) is 0 Å². The average Bonchev–Trinajstić information content (AvgIpc) is 2.26. The topological polar surface area (TPSA) is 91.7 Å². The predicted octanol–water partition coefficient (Wildman–Crippen LogP) is 1.35. The highest BCUT2D eigenvalue weighted by molar-refractivity contribution is 7.99. The van der Waals surface area contributed by atoms with E-state index in [2.05, 4.69) is 10.1 Å². The first-order valence-electron chi connectivity index (χ1n) is 5.25. The number of aryl methyl sites for hydroxylation is 1. The van der Waals surface area contributed by atoms with E-state index in [1.54, 1.807) is 19.1 Å². The van der Waals surface area contributed by atoms with Gasteiger partial charge in [0.1, 0.15) is 0 Å². The second-order valence-corrected chi connectivity index (χ2v) is 5.28. The van der Waals surface area contributed by atoms with E-state index in [-0.39, 0.29) is 11.1 Å². The van der Waals surface area contributed by atoms with Crippen LogP contribution in [0.5, 0.6) is 0 Å². The fraction of sp³-hybridized carbons (Fsp3) is 0.455. The van der Waals surface area contributed by atoms with E-state index in [4.69, 9.17) is 10.9 Å². The van der Waals surface area contributed by atoms with Gasteiger partial charge in [0, 0.05) is 16.5 Å². The molecule has 0 radical (unpaired) electrons. The summed E-state index contributed by atoms with van der Waals surface area (Å²) in [6.07, 6.45) is -0.422. The molecular formula is C11H17N3O2S. The first-order valence-corrected chi connectivity index (χ1v) is 6.13. The Balaban J connectivity index is 2.98. The number of hydrogen-bond acceptors (Lipinski definition) is 5. The second kappa shape index (κ2) is 5.88. The molecule has 0 amide bonds. The number of nitrogens with two attached hydrogens (primary N) is 1. The summed E-state index contributed by atoms with van der Waals surface area (Å²) >= 11 is 1.45. The van der Waals surface area contributed by atoms with Gasteiger partial charge in [-0.1, -0.05) is 12.1 Å². The molecule has 1 aromatic heterocycles. The Labute approximate surface area is 105 Å². The molecule has 0 bridgehead atoms. The summed E-state index contributed by atoms with van der Waals surface area (Å²) in [6.45, 7) is 5.49. The van der Waals surface area contributed by atoms with Crippen molar-refractivity contribution < 1.29 is 10.3 Å². The van der Waals surface area contributed by atoms with Crippen LogP contribution in [-0.2, 0) is 0 Å². The molecule has 4 N–H and O–H groups in total. The van der Waals surface area contributed by atoms with Crippen LogP contribution in [0.3, 0.4) is 0 Å². The minimum atomic E-state index is -0.422. The fourth-order valence-electron chi connectivity index (χ4n) is 1.19. The fourth-order valence-corrected chi connectivity index (χ4v) is 2.16. The molecule has 2 unspecified atom stereocenters. The van der Waals surface area contributed by atoms with Crippen LogP contribution in [0.25, 0.3) is 0 Å². The number of oxime groups is 1. The van der Waals surface area contributed by atoms with Crippen LogP contribution >= 0.6 is 11.8 Å². The third-order valence-electron chi connectivity index (χ3n) is 2.32. The van der Waals surface area contributed by atoms with Crippen molar-refractivity contribution in [2.45, 2.75) is 37.2 Å². The SMILES string of the molecule is Cc1cc(/C(N)=N/O)cc(SC(C)C(C)O)n1. The Morgan fingerprint density at radius 2 is 2.12 bits per heavy atom. The van der Waals surface area contributed by atoms with Crippen molar-refractivity contribution in [3.8, 4) is 0 Å². The molecule has 0 spiro atoms. The van der Waals surface area contributed by atoms with Gasteiger partial charge in [-0.3, -0.25) is 0 Å². The molecule has 0 fully saturated rings. The molecule has 1 rings (SSSR count). The number of hydrogen-bond donors (Lipinski definition) is 3. The zero-order valence-electron chi connectivity index (χ0n) is 10.1. The highest BCUT2D eigenvalue weighted by atomic mass is 32.2. The summed E-state index contributed by atoms with van der Waals surface area (Å²) in [4.78, 5) is 4.33. The molecule has 17 heavy (non-hydrogen) atoms. The normalized spacial score (nSPS) is 15.6. The molecule has 0 aromatic carbocycles. The smallest absolute Gasteiger partial charge is 0.170 e. The largest absolute Gasteiger partial charge is 0.409 e. The third kappa shape index (κ3) is 3.90. The van der Waals surface area contributed by atoms with Crippen molar-refractivity contribution in [2.75, 3.05) is 0 Å². The van der Waals surface area contributed by atoms with Crippen LogP contribution < -0.4 is 5.73 Å². The maximum Gasteiger partial charge on any atom is 0.170 e. The highest BCUT2D eigenvalue weighted by Gasteiger charge is 2.13. The van der Waals surface area contributed by atoms with Gasteiger partial charge < -0.3 is 16.0 Å². The van der Waals surface area contributed by atoms with Crippen molar-refractivity contribution >= 4 is 17.6 Å². The van der Waals surface area contributed by atoms with Gasteiger partial charge in [0.05, 0.1) is 11.1 Å².